The zero-order chi connectivity index (χ0) is 22.7. The molecule has 0 radical (unpaired) electrons. The number of urea groups is 1. The lowest BCUT2D eigenvalue weighted by molar-refractivity contribution is -0.122. The molecule has 7 heteroatoms. The number of amides is 3. The van der Waals surface area contributed by atoms with Crippen LogP contribution in [-0.2, 0) is 11.4 Å². The highest BCUT2D eigenvalue weighted by atomic mass is 79.9. The highest BCUT2D eigenvalue weighted by Gasteiger charge is 2.32. The number of hydrogen-bond acceptors (Lipinski definition) is 4. The van der Waals surface area contributed by atoms with Gasteiger partial charge in [0, 0.05) is 6.54 Å². The summed E-state index contributed by atoms with van der Waals surface area (Å²) < 4.78 is 12.3. The zero-order valence-corrected chi connectivity index (χ0v) is 19.0. The van der Waals surface area contributed by atoms with Gasteiger partial charge in [-0.05, 0) is 56.0 Å². The third-order valence-electron chi connectivity index (χ3n) is 5.09. The van der Waals surface area contributed by atoms with Crippen LogP contribution in [0.4, 0.5) is 4.79 Å². The summed E-state index contributed by atoms with van der Waals surface area (Å²) in [5.74, 6) is 0.658. The standard InChI is InChI=1S/C25H21BrN2O4/c1-3-11-28-24(29)21(27-25(28)30)13-16-12-20(26)23(22(14-16)31-2)32-15-18-9-6-8-17-7-4-5-10-19(17)18/h3-10,12-14H,1,11,15H2,2H3,(H,27,30)/b21-13-. The van der Waals surface area contributed by atoms with E-state index in [-0.39, 0.29) is 12.2 Å². The highest BCUT2D eigenvalue weighted by Crippen LogP contribution is 2.38. The molecule has 1 saturated heterocycles. The zero-order valence-electron chi connectivity index (χ0n) is 17.4. The third-order valence-corrected chi connectivity index (χ3v) is 5.68. The molecule has 4 rings (SSSR count). The number of hydrogen-bond donors (Lipinski definition) is 1. The largest absolute Gasteiger partial charge is 0.493 e. The molecule has 0 unspecified atom stereocenters. The van der Waals surface area contributed by atoms with Gasteiger partial charge in [-0.2, -0.15) is 0 Å². The van der Waals surface area contributed by atoms with Crippen molar-refractivity contribution >= 4 is 44.7 Å². The van der Waals surface area contributed by atoms with E-state index in [1.165, 1.54) is 6.08 Å². The summed E-state index contributed by atoms with van der Waals surface area (Å²) in [6.45, 7) is 4.08. The molecule has 3 aromatic rings. The first-order chi connectivity index (χ1) is 15.5. The molecule has 0 aliphatic carbocycles. The van der Waals surface area contributed by atoms with Gasteiger partial charge >= 0.3 is 6.03 Å². The summed E-state index contributed by atoms with van der Waals surface area (Å²) in [6.07, 6.45) is 3.10. The molecule has 1 heterocycles. The monoisotopic (exact) mass is 492 g/mol. The van der Waals surface area contributed by atoms with Crippen molar-refractivity contribution in [2.24, 2.45) is 0 Å². The van der Waals surface area contributed by atoms with Gasteiger partial charge in [-0.15, -0.1) is 6.58 Å². The van der Waals surface area contributed by atoms with E-state index in [4.69, 9.17) is 9.47 Å². The molecule has 3 amide bonds. The van der Waals surface area contributed by atoms with Crippen molar-refractivity contribution in [1.29, 1.82) is 0 Å². The van der Waals surface area contributed by atoms with Gasteiger partial charge in [-0.25, -0.2) is 4.79 Å². The molecule has 1 fully saturated rings. The lowest BCUT2D eigenvalue weighted by Crippen LogP contribution is -2.30. The van der Waals surface area contributed by atoms with Crippen LogP contribution in [0.15, 0.2) is 77.4 Å². The van der Waals surface area contributed by atoms with Crippen LogP contribution < -0.4 is 14.8 Å². The Morgan fingerprint density at radius 3 is 2.69 bits per heavy atom. The minimum Gasteiger partial charge on any atom is -0.493 e. The van der Waals surface area contributed by atoms with Crippen LogP contribution in [0.5, 0.6) is 11.5 Å². The van der Waals surface area contributed by atoms with Gasteiger partial charge in [-0.1, -0.05) is 48.5 Å². The number of rotatable bonds is 7. The molecule has 32 heavy (non-hydrogen) atoms. The van der Waals surface area contributed by atoms with E-state index < -0.39 is 11.9 Å². The van der Waals surface area contributed by atoms with Crippen LogP contribution in [0, 0.1) is 0 Å². The number of carbonyl (C=O) groups excluding carboxylic acids is 2. The van der Waals surface area contributed by atoms with Gasteiger partial charge in [0.1, 0.15) is 12.3 Å². The molecule has 0 aromatic heterocycles. The van der Waals surface area contributed by atoms with Crippen LogP contribution in [-0.4, -0.2) is 30.5 Å². The Labute approximate surface area is 194 Å². The van der Waals surface area contributed by atoms with Crippen LogP contribution >= 0.6 is 15.9 Å². The number of nitrogens with zero attached hydrogens (tertiary/aromatic N) is 1. The maximum absolute atomic E-state index is 12.4. The molecule has 0 saturated carbocycles. The summed E-state index contributed by atoms with van der Waals surface area (Å²) in [7, 11) is 1.55. The Kier molecular flexibility index (Phi) is 6.28. The van der Waals surface area contributed by atoms with Gasteiger partial charge in [-0.3, -0.25) is 9.69 Å². The molecule has 1 aliphatic rings. The predicted octanol–water partition coefficient (Wildman–Crippen LogP) is 5.27. The Hall–Kier alpha value is -3.58. The maximum atomic E-state index is 12.4. The number of ether oxygens (including phenoxy) is 2. The van der Waals surface area contributed by atoms with E-state index in [1.807, 2.05) is 30.3 Å². The van der Waals surface area contributed by atoms with E-state index in [0.717, 1.165) is 21.2 Å². The average Bonchev–Trinajstić information content (AvgIpc) is 3.05. The summed E-state index contributed by atoms with van der Waals surface area (Å²) in [6, 6.07) is 17.3. The molecular weight excluding hydrogens is 472 g/mol. The molecule has 0 spiro atoms. The fourth-order valence-corrected chi connectivity index (χ4v) is 4.14. The number of imide groups is 1. The van der Waals surface area contributed by atoms with E-state index >= 15 is 0 Å². The van der Waals surface area contributed by atoms with E-state index in [9.17, 15) is 9.59 Å². The SMILES string of the molecule is C=CCN1C(=O)N/C(=C\c2cc(Br)c(OCc3cccc4ccccc34)c(OC)c2)C1=O. The van der Waals surface area contributed by atoms with Gasteiger partial charge in [0.05, 0.1) is 11.6 Å². The second kappa shape index (κ2) is 9.28. The average molecular weight is 493 g/mol. The molecule has 6 nitrogen and oxygen atoms in total. The Morgan fingerprint density at radius 2 is 1.91 bits per heavy atom. The Morgan fingerprint density at radius 1 is 1.12 bits per heavy atom. The number of halogens is 1. The first kappa shape index (κ1) is 21.6. The first-order valence-corrected chi connectivity index (χ1v) is 10.7. The Bertz CT molecular complexity index is 1250. The minimum absolute atomic E-state index is 0.149. The lowest BCUT2D eigenvalue weighted by Gasteiger charge is -2.15. The van der Waals surface area contributed by atoms with Crippen molar-refractivity contribution < 1.29 is 19.1 Å². The second-order valence-electron chi connectivity index (χ2n) is 7.15. The van der Waals surface area contributed by atoms with Crippen molar-refractivity contribution in [3.63, 3.8) is 0 Å². The van der Waals surface area contributed by atoms with E-state index in [1.54, 1.807) is 19.3 Å². The van der Waals surface area contributed by atoms with Gasteiger partial charge in [0.15, 0.2) is 11.5 Å². The quantitative estimate of drug-likeness (QED) is 0.277. The van der Waals surface area contributed by atoms with Crippen LogP contribution in [0.2, 0.25) is 0 Å². The topological polar surface area (TPSA) is 67.9 Å². The number of carbonyl (C=O) groups is 2. The summed E-state index contributed by atoms with van der Waals surface area (Å²) >= 11 is 3.55. The molecule has 3 aromatic carbocycles. The summed E-state index contributed by atoms with van der Waals surface area (Å²) in [5, 5.41) is 4.86. The molecule has 1 N–H and O–H groups in total. The fraction of sp³-hybridized carbons (Fsp3) is 0.120. The van der Waals surface area contributed by atoms with Crippen molar-refractivity contribution in [2.45, 2.75) is 6.61 Å². The van der Waals surface area contributed by atoms with E-state index in [2.05, 4.69) is 46.0 Å². The minimum atomic E-state index is -0.470. The van der Waals surface area contributed by atoms with Crippen molar-refractivity contribution in [2.75, 3.05) is 13.7 Å². The normalized spacial score (nSPS) is 14.7. The van der Waals surface area contributed by atoms with Gasteiger partial charge in [0.2, 0.25) is 0 Å². The summed E-state index contributed by atoms with van der Waals surface area (Å²) in [4.78, 5) is 25.5. The van der Waals surface area contributed by atoms with Crippen molar-refractivity contribution in [1.82, 2.24) is 10.2 Å². The molecule has 0 atom stereocenters. The predicted molar refractivity (Wildman–Crippen MR) is 127 cm³/mol. The van der Waals surface area contributed by atoms with Crippen LogP contribution in [0.25, 0.3) is 16.8 Å². The number of nitrogens with one attached hydrogen (secondary N) is 1. The lowest BCUT2D eigenvalue weighted by atomic mass is 10.1. The van der Waals surface area contributed by atoms with Gasteiger partial charge < -0.3 is 14.8 Å². The van der Waals surface area contributed by atoms with Crippen LogP contribution in [0.1, 0.15) is 11.1 Å². The third kappa shape index (κ3) is 4.24. The summed E-state index contributed by atoms with van der Waals surface area (Å²) in [5.41, 5.74) is 1.93. The molecule has 162 valence electrons. The van der Waals surface area contributed by atoms with Crippen LogP contribution in [0.3, 0.4) is 0 Å². The first-order valence-electron chi connectivity index (χ1n) is 9.94. The number of benzene rings is 3. The molecule has 1 aliphatic heterocycles. The number of fused-ring (bicyclic) bond motifs is 1. The van der Waals surface area contributed by atoms with E-state index in [0.29, 0.717) is 28.1 Å². The number of methoxy groups -OCH3 is 1. The molecule has 0 bridgehead atoms. The Balaban J connectivity index is 1.60. The van der Waals surface area contributed by atoms with Gasteiger partial charge in [0.25, 0.3) is 5.91 Å². The molecular formula is C25H21BrN2O4. The highest BCUT2D eigenvalue weighted by molar-refractivity contribution is 9.10. The maximum Gasteiger partial charge on any atom is 0.329 e. The second-order valence-corrected chi connectivity index (χ2v) is 8.01. The van der Waals surface area contributed by atoms with Crippen molar-refractivity contribution in [3.05, 3.63) is 88.5 Å². The fourth-order valence-electron chi connectivity index (χ4n) is 3.56. The smallest absolute Gasteiger partial charge is 0.329 e. The van der Waals surface area contributed by atoms with Crippen molar-refractivity contribution in [3.8, 4) is 11.5 Å².